The fraction of sp³-hybridized carbons (Fsp3) is 0.444. The fourth-order valence-electron chi connectivity index (χ4n) is 2.47. The van der Waals surface area contributed by atoms with Crippen LogP contribution in [-0.4, -0.2) is 21.8 Å². The first-order valence-corrected chi connectivity index (χ1v) is 8.07. The lowest BCUT2D eigenvalue weighted by atomic mass is 10.2. The summed E-state index contributed by atoms with van der Waals surface area (Å²) in [6.45, 7) is 6.57. The normalized spacial score (nSPS) is 10.8. The Morgan fingerprint density at radius 3 is 2.65 bits per heavy atom. The Balaban J connectivity index is 1.98. The summed E-state index contributed by atoms with van der Waals surface area (Å²) >= 11 is 0. The van der Waals surface area contributed by atoms with Gasteiger partial charge in [0.25, 0.3) is 5.91 Å². The van der Waals surface area contributed by atoms with Crippen molar-refractivity contribution in [2.75, 3.05) is 0 Å². The van der Waals surface area contributed by atoms with Gasteiger partial charge in [0.05, 0.1) is 11.8 Å². The molecule has 0 unspecified atom stereocenters. The zero-order valence-corrected chi connectivity index (χ0v) is 14.3. The first-order valence-electron chi connectivity index (χ1n) is 8.07. The largest absolute Gasteiger partial charge is 0.490 e. The molecule has 2 rings (SSSR count). The number of aryl methyl sites for hydroxylation is 2. The lowest BCUT2D eigenvalue weighted by Crippen LogP contribution is -2.25. The van der Waals surface area contributed by atoms with Gasteiger partial charge in [-0.05, 0) is 43.5 Å². The number of hydrogen-bond acceptors (Lipinski definition) is 3. The molecule has 5 heteroatoms. The van der Waals surface area contributed by atoms with E-state index in [1.54, 1.807) is 17.8 Å². The number of rotatable bonds is 7. The van der Waals surface area contributed by atoms with E-state index >= 15 is 0 Å². The molecule has 1 heterocycles. The van der Waals surface area contributed by atoms with Crippen molar-refractivity contribution in [3.63, 3.8) is 0 Å². The van der Waals surface area contributed by atoms with Crippen LogP contribution in [0.25, 0.3) is 0 Å². The molecule has 23 heavy (non-hydrogen) atoms. The predicted molar refractivity (Wildman–Crippen MR) is 90.6 cm³/mol. The third-order valence-electron chi connectivity index (χ3n) is 3.80. The smallest absolute Gasteiger partial charge is 0.269 e. The minimum Gasteiger partial charge on any atom is -0.490 e. The van der Waals surface area contributed by atoms with Gasteiger partial charge in [0.1, 0.15) is 11.4 Å². The third kappa shape index (κ3) is 4.58. The average Bonchev–Trinajstić information content (AvgIpc) is 2.89. The van der Waals surface area contributed by atoms with Crippen LogP contribution in [0.4, 0.5) is 0 Å². The minimum atomic E-state index is -0.126. The van der Waals surface area contributed by atoms with Crippen LogP contribution in [0.3, 0.4) is 0 Å². The zero-order chi connectivity index (χ0) is 16.8. The number of aromatic nitrogens is 2. The fourth-order valence-corrected chi connectivity index (χ4v) is 2.47. The Hall–Kier alpha value is -2.30. The number of carbonyl (C=O) groups is 1. The van der Waals surface area contributed by atoms with E-state index < -0.39 is 0 Å². The second-order valence-corrected chi connectivity index (χ2v) is 5.68. The Bertz CT molecular complexity index is 660. The van der Waals surface area contributed by atoms with Crippen molar-refractivity contribution in [2.24, 2.45) is 7.05 Å². The van der Waals surface area contributed by atoms with Crippen LogP contribution in [0, 0.1) is 6.92 Å². The summed E-state index contributed by atoms with van der Waals surface area (Å²) < 4.78 is 7.54. The quantitative estimate of drug-likeness (QED) is 0.853. The Kier molecular flexibility index (Phi) is 5.79. The van der Waals surface area contributed by atoms with Gasteiger partial charge in [0, 0.05) is 13.6 Å². The standard InChI is InChI=1S/C18H25N3O2/c1-5-15(6-2)23-16-9-7-8-14(11-16)12-19-18(22)17-10-13(3)20-21(17)4/h7-11,15H,5-6,12H2,1-4H3,(H,19,22). The van der Waals surface area contributed by atoms with Gasteiger partial charge in [-0.3, -0.25) is 9.48 Å². The van der Waals surface area contributed by atoms with Crippen LogP contribution in [0.1, 0.15) is 48.4 Å². The molecule has 0 aliphatic rings. The van der Waals surface area contributed by atoms with Gasteiger partial charge in [-0.25, -0.2) is 0 Å². The molecule has 0 saturated heterocycles. The van der Waals surface area contributed by atoms with Crippen molar-refractivity contribution in [1.29, 1.82) is 0 Å². The first-order chi connectivity index (χ1) is 11.0. The summed E-state index contributed by atoms with van der Waals surface area (Å²) in [6, 6.07) is 9.64. The van der Waals surface area contributed by atoms with Crippen LogP contribution >= 0.6 is 0 Å². The highest BCUT2D eigenvalue weighted by atomic mass is 16.5. The van der Waals surface area contributed by atoms with Crippen LogP contribution < -0.4 is 10.1 Å². The molecule has 5 nitrogen and oxygen atoms in total. The maximum atomic E-state index is 12.2. The molecule has 0 bridgehead atoms. The van der Waals surface area contributed by atoms with Gasteiger partial charge in [-0.1, -0.05) is 26.0 Å². The molecule has 2 aromatic rings. The molecule has 0 saturated carbocycles. The number of nitrogens with zero attached hydrogens (tertiary/aromatic N) is 2. The number of hydrogen-bond donors (Lipinski definition) is 1. The lowest BCUT2D eigenvalue weighted by Gasteiger charge is -2.16. The van der Waals surface area contributed by atoms with Crippen LogP contribution in [0.5, 0.6) is 5.75 Å². The van der Waals surface area contributed by atoms with Gasteiger partial charge in [0.2, 0.25) is 0 Å². The number of nitrogens with one attached hydrogen (secondary N) is 1. The van der Waals surface area contributed by atoms with Crippen LogP contribution in [-0.2, 0) is 13.6 Å². The van der Waals surface area contributed by atoms with E-state index in [4.69, 9.17) is 4.74 Å². The molecular weight excluding hydrogens is 290 g/mol. The summed E-state index contributed by atoms with van der Waals surface area (Å²) in [6.07, 6.45) is 2.20. The molecule has 0 spiro atoms. The molecule has 124 valence electrons. The highest BCUT2D eigenvalue weighted by Gasteiger charge is 2.11. The first kappa shape index (κ1) is 17.1. The monoisotopic (exact) mass is 315 g/mol. The molecule has 1 aromatic heterocycles. The molecule has 0 fully saturated rings. The number of amides is 1. The molecule has 1 N–H and O–H groups in total. The van der Waals surface area contributed by atoms with Crippen LogP contribution in [0.15, 0.2) is 30.3 Å². The number of carbonyl (C=O) groups excluding carboxylic acids is 1. The van der Waals surface area contributed by atoms with E-state index in [2.05, 4.69) is 24.3 Å². The average molecular weight is 315 g/mol. The summed E-state index contributed by atoms with van der Waals surface area (Å²) in [4.78, 5) is 12.2. The Morgan fingerprint density at radius 2 is 2.04 bits per heavy atom. The van der Waals surface area contributed by atoms with Gasteiger partial charge in [-0.2, -0.15) is 5.10 Å². The van der Waals surface area contributed by atoms with Crippen molar-refractivity contribution in [2.45, 2.75) is 46.3 Å². The van der Waals surface area contributed by atoms with E-state index in [1.165, 1.54) is 0 Å². The van der Waals surface area contributed by atoms with E-state index in [1.807, 2.05) is 31.2 Å². The lowest BCUT2D eigenvalue weighted by molar-refractivity contribution is 0.0941. The minimum absolute atomic E-state index is 0.126. The molecule has 0 aliphatic carbocycles. The predicted octanol–water partition coefficient (Wildman–Crippen LogP) is 3.23. The van der Waals surface area contributed by atoms with E-state index in [0.717, 1.165) is 29.8 Å². The van der Waals surface area contributed by atoms with Gasteiger partial charge >= 0.3 is 0 Å². The van der Waals surface area contributed by atoms with E-state index in [9.17, 15) is 4.79 Å². The zero-order valence-electron chi connectivity index (χ0n) is 14.3. The Labute approximate surface area is 137 Å². The highest BCUT2D eigenvalue weighted by Crippen LogP contribution is 2.17. The summed E-state index contributed by atoms with van der Waals surface area (Å²) in [7, 11) is 1.77. The van der Waals surface area contributed by atoms with Crippen molar-refractivity contribution in [3.8, 4) is 5.75 Å². The topological polar surface area (TPSA) is 56.1 Å². The highest BCUT2D eigenvalue weighted by molar-refractivity contribution is 5.92. The molecule has 0 atom stereocenters. The molecule has 1 amide bonds. The summed E-state index contributed by atoms with van der Waals surface area (Å²) in [5.41, 5.74) is 2.41. The van der Waals surface area contributed by atoms with Gasteiger partial charge in [0.15, 0.2) is 0 Å². The number of ether oxygens (including phenoxy) is 1. The van der Waals surface area contributed by atoms with Crippen molar-refractivity contribution >= 4 is 5.91 Å². The summed E-state index contributed by atoms with van der Waals surface area (Å²) in [5.74, 6) is 0.723. The van der Waals surface area contributed by atoms with Gasteiger partial charge in [-0.15, -0.1) is 0 Å². The maximum Gasteiger partial charge on any atom is 0.269 e. The van der Waals surface area contributed by atoms with Crippen molar-refractivity contribution < 1.29 is 9.53 Å². The molecular formula is C18H25N3O2. The SMILES string of the molecule is CCC(CC)Oc1cccc(CNC(=O)c2cc(C)nn2C)c1. The van der Waals surface area contributed by atoms with E-state index in [0.29, 0.717) is 12.2 Å². The Morgan fingerprint density at radius 1 is 1.30 bits per heavy atom. The second-order valence-electron chi connectivity index (χ2n) is 5.68. The molecule has 0 aliphatic heterocycles. The van der Waals surface area contributed by atoms with E-state index in [-0.39, 0.29) is 12.0 Å². The molecule has 1 aromatic carbocycles. The number of benzene rings is 1. The van der Waals surface area contributed by atoms with Crippen LogP contribution in [0.2, 0.25) is 0 Å². The van der Waals surface area contributed by atoms with Gasteiger partial charge < -0.3 is 10.1 Å². The molecule has 0 radical (unpaired) electrons. The van der Waals surface area contributed by atoms with Crippen molar-refractivity contribution in [3.05, 3.63) is 47.3 Å². The van der Waals surface area contributed by atoms with Crippen molar-refractivity contribution in [1.82, 2.24) is 15.1 Å². The second kappa shape index (κ2) is 7.81. The summed E-state index contributed by atoms with van der Waals surface area (Å²) in [5, 5.41) is 7.11. The maximum absolute atomic E-state index is 12.2. The third-order valence-corrected chi connectivity index (χ3v) is 3.80.